The van der Waals surface area contributed by atoms with Crippen LogP contribution < -0.4 is 0 Å². The van der Waals surface area contributed by atoms with Crippen LogP contribution in [0.4, 0.5) is 0 Å². The van der Waals surface area contributed by atoms with Crippen molar-refractivity contribution in [3.05, 3.63) is 40.9 Å². The Morgan fingerprint density at radius 1 is 1.11 bits per heavy atom. The molecular formula is C8H7Mn. The molecule has 9 heavy (non-hydrogen) atoms. The average Bonchev–Trinajstić information content (AvgIpc) is 1.91. The van der Waals surface area contributed by atoms with Crippen molar-refractivity contribution in [3.8, 4) is 0 Å². The van der Waals surface area contributed by atoms with Gasteiger partial charge in [-0.2, -0.15) is 0 Å². The molecule has 1 aromatic carbocycles. The van der Waals surface area contributed by atoms with Gasteiger partial charge in [-0.25, -0.2) is 0 Å². The van der Waals surface area contributed by atoms with E-state index in [1.807, 2.05) is 29.2 Å². The van der Waals surface area contributed by atoms with Gasteiger partial charge in [-0.3, -0.25) is 0 Å². The van der Waals surface area contributed by atoms with Gasteiger partial charge in [0.05, 0.1) is 0 Å². The SMILES string of the molecule is [Mn][CH]=Cc1ccccc1. The van der Waals surface area contributed by atoms with Gasteiger partial charge in [-0.15, -0.1) is 0 Å². The molecule has 1 rings (SSSR count). The van der Waals surface area contributed by atoms with Gasteiger partial charge in [0, 0.05) is 0 Å². The van der Waals surface area contributed by atoms with E-state index in [1.165, 1.54) is 5.56 Å². The minimum absolute atomic E-state index is 1.22. The molecule has 0 saturated heterocycles. The molecule has 46 valence electrons. The van der Waals surface area contributed by atoms with E-state index in [-0.39, 0.29) is 0 Å². The Balaban J connectivity index is 2.85. The predicted octanol–water partition coefficient (Wildman–Crippen LogP) is 2.20. The molecule has 0 heterocycles. The van der Waals surface area contributed by atoms with Crippen molar-refractivity contribution in [3.63, 3.8) is 0 Å². The van der Waals surface area contributed by atoms with Gasteiger partial charge in [-0.05, 0) is 0 Å². The van der Waals surface area contributed by atoms with Gasteiger partial charge in [0.15, 0.2) is 0 Å². The van der Waals surface area contributed by atoms with E-state index < -0.39 is 0 Å². The maximum atomic E-state index is 3.21. The molecule has 0 N–H and O–H groups in total. The van der Waals surface area contributed by atoms with Crippen LogP contribution in [0.15, 0.2) is 35.3 Å². The molecule has 0 unspecified atom stereocenters. The van der Waals surface area contributed by atoms with Crippen molar-refractivity contribution in [1.82, 2.24) is 0 Å². The van der Waals surface area contributed by atoms with Gasteiger partial charge in [0.2, 0.25) is 0 Å². The first kappa shape index (κ1) is 6.60. The Morgan fingerprint density at radius 2 is 1.78 bits per heavy atom. The summed E-state index contributed by atoms with van der Waals surface area (Å²) < 4.78 is 0. The summed E-state index contributed by atoms with van der Waals surface area (Å²) >= 11 is 3.21. The van der Waals surface area contributed by atoms with E-state index in [0.717, 1.165) is 0 Å². The monoisotopic (exact) mass is 158 g/mol. The molecule has 0 aromatic heterocycles. The minimum atomic E-state index is 1.22. The molecule has 0 nitrogen and oxygen atoms in total. The topological polar surface area (TPSA) is 0 Å². The Morgan fingerprint density at radius 3 is 2.33 bits per heavy atom. The van der Waals surface area contributed by atoms with E-state index in [4.69, 9.17) is 0 Å². The second kappa shape index (κ2) is 3.49. The average molecular weight is 158 g/mol. The molecule has 0 fully saturated rings. The quantitative estimate of drug-likeness (QED) is 0.549. The molecule has 0 aliphatic carbocycles. The molecule has 0 atom stereocenters. The second-order valence-electron chi connectivity index (χ2n) is 1.70. The number of hydrogen-bond donors (Lipinski definition) is 0. The summed E-state index contributed by atoms with van der Waals surface area (Å²) in [5.41, 5.74) is 1.22. The van der Waals surface area contributed by atoms with Crippen molar-refractivity contribution in [2.75, 3.05) is 0 Å². The molecule has 0 bridgehead atoms. The van der Waals surface area contributed by atoms with Crippen molar-refractivity contribution in [2.45, 2.75) is 0 Å². The molecule has 0 aliphatic heterocycles. The summed E-state index contributed by atoms with van der Waals surface area (Å²) in [5, 5.41) is 0. The zero-order valence-corrected chi connectivity index (χ0v) is 6.10. The van der Waals surface area contributed by atoms with Crippen LogP contribution in [-0.4, -0.2) is 0 Å². The van der Waals surface area contributed by atoms with Crippen LogP contribution in [-0.2, 0) is 16.0 Å². The van der Waals surface area contributed by atoms with Crippen LogP contribution in [0.25, 0.3) is 6.08 Å². The van der Waals surface area contributed by atoms with Crippen molar-refractivity contribution >= 4 is 6.08 Å². The van der Waals surface area contributed by atoms with Crippen LogP contribution in [0.1, 0.15) is 5.56 Å². The number of hydrogen-bond acceptors (Lipinski definition) is 0. The van der Waals surface area contributed by atoms with E-state index in [2.05, 4.69) is 28.1 Å². The van der Waals surface area contributed by atoms with Gasteiger partial charge in [0.25, 0.3) is 0 Å². The summed E-state index contributed by atoms with van der Waals surface area (Å²) in [6.45, 7) is 0. The van der Waals surface area contributed by atoms with Gasteiger partial charge in [-0.1, -0.05) is 0 Å². The van der Waals surface area contributed by atoms with Gasteiger partial charge >= 0.3 is 63.0 Å². The van der Waals surface area contributed by atoms with Crippen molar-refractivity contribution < 1.29 is 16.0 Å². The number of rotatable bonds is 1. The zero-order valence-electron chi connectivity index (χ0n) is 4.92. The third-order valence-corrected chi connectivity index (χ3v) is 1.25. The van der Waals surface area contributed by atoms with Crippen LogP contribution in [0.5, 0.6) is 0 Å². The summed E-state index contributed by atoms with van der Waals surface area (Å²) in [4.78, 5) is 1.85. The van der Waals surface area contributed by atoms with Crippen LogP contribution >= 0.6 is 0 Å². The Bertz CT molecular complexity index is 189. The summed E-state index contributed by atoms with van der Waals surface area (Å²) in [5.74, 6) is 0. The maximum absolute atomic E-state index is 3.21. The molecule has 0 aliphatic rings. The van der Waals surface area contributed by atoms with E-state index in [1.54, 1.807) is 0 Å². The summed E-state index contributed by atoms with van der Waals surface area (Å²) in [6.07, 6.45) is 2.00. The molecule has 0 spiro atoms. The molecule has 0 amide bonds. The van der Waals surface area contributed by atoms with E-state index >= 15 is 0 Å². The van der Waals surface area contributed by atoms with Gasteiger partial charge < -0.3 is 0 Å². The first-order chi connectivity index (χ1) is 4.43. The fourth-order valence-corrected chi connectivity index (χ4v) is 0.864. The fraction of sp³-hybridized carbons (Fsp3) is 0. The Hall–Kier alpha value is -0.521. The van der Waals surface area contributed by atoms with Crippen LogP contribution in [0.3, 0.4) is 0 Å². The van der Waals surface area contributed by atoms with Crippen molar-refractivity contribution in [1.29, 1.82) is 0 Å². The Labute approximate surface area is 63.4 Å². The van der Waals surface area contributed by atoms with Gasteiger partial charge in [0.1, 0.15) is 0 Å². The fourth-order valence-electron chi connectivity index (χ4n) is 0.637. The van der Waals surface area contributed by atoms with E-state index in [0.29, 0.717) is 0 Å². The third kappa shape index (κ3) is 2.04. The summed E-state index contributed by atoms with van der Waals surface area (Å²) in [6, 6.07) is 10.1. The standard InChI is InChI=1S/C8H7.Mn/c1-2-8-6-4-3-5-7-8;/h1-7H;. The molecule has 0 radical (unpaired) electrons. The third-order valence-electron chi connectivity index (χ3n) is 1.06. The van der Waals surface area contributed by atoms with E-state index in [9.17, 15) is 0 Å². The summed E-state index contributed by atoms with van der Waals surface area (Å²) in [7, 11) is 0. The molecule has 1 aromatic rings. The van der Waals surface area contributed by atoms with Crippen molar-refractivity contribution in [2.24, 2.45) is 0 Å². The molecule has 0 saturated carbocycles. The second-order valence-corrected chi connectivity index (χ2v) is 2.10. The zero-order chi connectivity index (χ0) is 6.53. The Kier molecular flexibility index (Phi) is 2.56. The van der Waals surface area contributed by atoms with Crippen LogP contribution in [0, 0.1) is 0 Å². The normalized spacial score (nSPS) is 10.3. The number of benzene rings is 1. The molecular weight excluding hydrogens is 151 g/mol. The first-order valence-corrected chi connectivity index (χ1v) is 3.43. The predicted molar refractivity (Wildman–Crippen MR) is 35.5 cm³/mol. The molecule has 1 heteroatoms. The van der Waals surface area contributed by atoms with Crippen LogP contribution in [0.2, 0.25) is 0 Å². The first-order valence-electron chi connectivity index (χ1n) is 2.75.